The Morgan fingerprint density at radius 3 is 2.50 bits per heavy atom. The highest BCUT2D eigenvalue weighted by Crippen LogP contribution is 2.36. The zero-order chi connectivity index (χ0) is 38.9. The number of morpholine rings is 1. The maximum absolute atomic E-state index is 15.4. The Kier molecular flexibility index (Phi) is 10.4. The molecular formula is C44H45FN6O5. The summed E-state index contributed by atoms with van der Waals surface area (Å²) in [6.07, 6.45) is 4.26. The van der Waals surface area contributed by atoms with Crippen LogP contribution in [0.15, 0.2) is 97.3 Å². The van der Waals surface area contributed by atoms with Crippen LogP contribution >= 0.6 is 0 Å². The fourth-order valence-electron chi connectivity index (χ4n) is 8.07. The van der Waals surface area contributed by atoms with Crippen molar-refractivity contribution in [3.05, 3.63) is 131 Å². The van der Waals surface area contributed by atoms with Gasteiger partial charge in [-0.2, -0.15) is 0 Å². The minimum absolute atomic E-state index is 0.0645. The molecule has 56 heavy (non-hydrogen) atoms. The molecule has 6 aromatic rings. The van der Waals surface area contributed by atoms with Crippen molar-refractivity contribution in [1.29, 1.82) is 0 Å². The molecule has 0 unspecified atom stereocenters. The number of fused-ring (bicyclic) bond motifs is 2. The maximum Gasteiger partial charge on any atom is 0.264 e. The third kappa shape index (κ3) is 7.18. The Bertz CT molecular complexity index is 2400. The number of hydrogen-bond donors (Lipinski definition) is 1. The first-order valence-corrected chi connectivity index (χ1v) is 18.9. The topological polar surface area (TPSA) is 105 Å². The lowest BCUT2D eigenvalue weighted by Crippen LogP contribution is -2.52. The second-order valence-corrected chi connectivity index (χ2v) is 14.5. The smallest absolute Gasteiger partial charge is 0.264 e. The van der Waals surface area contributed by atoms with E-state index in [9.17, 15) is 14.7 Å². The van der Waals surface area contributed by atoms with E-state index >= 15 is 4.39 Å². The normalized spacial score (nSPS) is 15.9. The molecule has 288 valence electrons. The zero-order valence-electron chi connectivity index (χ0n) is 31.8. The van der Waals surface area contributed by atoms with Crippen LogP contribution < -0.4 is 4.90 Å². The molecule has 8 rings (SSSR count). The summed E-state index contributed by atoms with van der Waals surface area (Å²) in [4.78, 5) is 40.4. The van der Waals surface area contributed by atoms with Gasteiger partial charge in [0.25, 0.3) is 11.8 Å². The molecular weight excluding hydrogens is 712 g/mol. The van der Waals surface area contributed by atoms with E-state index in [2.05, 4.69) is 22.0 Å². The molecule has 11 nitrogen and oxygen atoms in total. The number of aromatic hydroxyl groups is 1. The van der Waals surface area contributed by atoms with E-state index in [4.69, 9.17) is 9.47 Å². The van der Waals surface area contributed by atoms with Crippen LogP contribution in [0.5, 0.6) is 5.75 Å². The van der Waals surface area contributed by atoms with Crippen molar-refractivity contribution in [2.45, 2.75) is 32.5 Å². The van der Waals surface area contributed by atoms with Gasteiger partial charge in [-0.15, -0.1) is 0 Å². The van der Waals surface area contributed by atoms with Crippen LogP contribution in [0.3, 0.4) is 0 Å². The van der Waals surface area contributed by atoms with Crippen LogP contribution in [0.25, 0.3) is 22.3 Å². The summed E-state index contributed by atoms with van der Waals surface area (Å²) >= 11 is 0. The van der Waals surface area contributed by atoms with Gasteiger partial charge in [-0.05, 0) is 85.1 Å². The van der Waals surface area contributed by atoms with Crippen LogP contribution in [0.4, 0.5) is 15.8 Å². The fourth-order valence-corrected chi connectivity index (χ4v) is 8.07. The van der Waals surface area contributed by atoms with E-state index in [-0.39, 0.29) is 23.6 Å². The number of pyridine rings is 1. The molecule has 0 aliphatic carbocycles. The number of rotatable bonds is 10. The van der Waals surface area contributed by atoms with Gasteiger partial charge in [0.15, 0.2) is 0 Å². The first kappa shape index (κ1) is 37.1. The Morgan fingerprint density at radius 2 is 1.73 bits per heavy atom. The number of halogens is 1. The molecule has 1 fully saturated rings. The van der Waals surface area contributed by atoms with Crippen molar-refractivity contribution in [1.82, 2.24) is 23.9 Å². The molecule has 2 amide bonds. The Hall–Kier alpha value is -5.82. The van der Waals surface area contributed by atoms with Crippen molar-refractivity contribution >= 4 is 34.2 Å². The van der Waals surface area contributed by atoms with Gasteiger partial charge in [-0.25, -0.2) is 9.37 Å². The summed E-state index contributed by atoms with van der Waals surface area (Å²) in [5.41, 5.74) is 6.38. The SMILES string of the molecule is COCCn1c(-c2cc(F)ccc2C(=O)N2Cc3ccccc3C[C@H]2CN2CCOCC2)cc(C(=O)N(c2ccc(O)cc2)c2cnc3c(ccn3C)c2)c1C. The van der Waals surface area contributed by atoms with Gasteiger partial charge in [-0.3, -0.25) is 19.4 Å². The average Bonchev–Trinajstić information content (AvgIpc) is 3.75. The van der Waals surface area contributed by atoms with E-state index in [0.29, 0.717) is 85.3 Å². The number of aromatic nitrogens is 3. The highest BCUT2D eigenvalue weighted by atomic mass is 19.1. The number of hydrogen-bond acceptors (Lipinski definition) is 7. The van der Waals surface area contributed by atoms with Crippen LogP contribution in [-0.2, 0) is 36.0 Å². The molecule has 5 heterocycles. The summed E-state index contributed by atoms with van der Waals surface area (Å²) < 4.78 is 30.4. The fraction of sp³-hybridized carbons (Fsp3) is 0.295. The number of nitrogens with zero attached hydrogens (tertiary/aromatic N) is 6. The summed E-state index contributed by atoms with van der Waals surface area (Å²) in [5.74, 6) is -0.992. The first-order valence-electron chi connectivity index (χ1n) is 18.9. The first-order chi connectivity index (χ1) is 27.2. The van der Waals surface area contributed by atoms with Crippen molar-refractivity contribution in [3.63, 3.8) is 0 Å². The number of methoxy groups -OCH3 is 1. The molecule has 3 aromatic heterocycles. The molecule has 2 aliphatic rings. The predicted octanol–water partition coefficient (Wildman–Crippen LogP) is 6.72. The third-order valence-corrected chi connectivity index (χ3v) is 11.1. The van der Waals surface area contributed by atoms with Gasteiger partial charge in [0.1, 0.15) is 17.2 Å². The minimum Gasteiger partial charge on any atom is -0.508 e. The molecule has 1 atom stereocenters. The predicted molar refractivity (Wildman–Crippen MR) is 213 cm³/mol. The number of phenolic OH excluding ortho intramolecular Hbond substituents is 1. The van der Waals surface area contributed by atoms with E-state index in [1.807, 2.05) is 58.5 Å². The zero-order valence-corrected chi connectivity index (χ0v) is 31.8. The lowest BCUT2D eigenvalue weighted by atomic mass is 9.92. The number of carbonyl (C=O) groups is 2. The van der Waals surface area contributed by atoms with Gasteiger partial charge in [-0.1, -0.05) is 24.3 Å². The Morgan fingerprint density at radius 1 is 0.964 bits per heavy atom. The third-order valence-electron chi connectivity index (χ3n) is 11.1. The number of anilines is 2. The number of amides is 2. The minimum atomic E-state index is -0.497. The molecule has 0 spiro atoms. The van der Waals surface area contributed by atoms with Gasteiger partial charge < -0.3 is 28.6 Å². The quantitative estimate of drug-likeness (QED) is 0.166. The number of aryl methyl sites for hydroxylation is 1. The van der Waals surface area contributed by atoms with Crippen molar-refractivity contribution in [3.8, 4) is 17.0 Å². The van der Waals surface area contributed by atoms with Crippen LogP contribution in [-0.4, -0.2) is 93.4 Å². The number of carbonyl (C=O) groups excluding carboxylic acids is 2. The van der Waals surface area contributed by atoms with Gasteiger partial charge >= 0.3 is 0 Å². The summed E-state index contributed by atoms with van der Waals surface area (Å²) in [6.45, 7) is 6.52. The van der Waals surface area contributed by atoms with E-state index in [0.717, 1.165) is 29.7 Å². The molecule has 0 radical (unpaired) electrons. The van der Waals surface area contributed by atoms with Gasteiger partial charge in [0, 0.05) is 87.0 Å². The highest BCUT2D eigenvalue weighted by molar-refractivity contribution is 6.13. The van der Waals surface area contributed by atoms with Crippen LogP contribution in [0.1, 0.15) is 37.5 Å². The van der Waals surface area contributed by atoms with Crippen molar-refractivity contribution in [2.24, 2.45) is 7.05 Å². The molecule has 1 saturated heterocycles. The second kappa shape index (κ2) is 15.7. The monoisotopic (exact) mass is 756 g/mol. The standard InChI is InChI=1S/C44H45FN6O5/c1-29-39(44(54)51(34-9-11-37(52)12-10-34)35-23-31-14-15-47(2)42(31)46-26-35)25-41(49(29)18-19-55-3)40-24-33(45)8-13-38(40)43(53)50-27-32-7-5-4-6-30(32)22-36(50)28-48-16-20-56-21-17-48/h4-15,23-26,36,52H,16-22,27-28H2,1-3H3/t36-/m0/s1. The Labute approximate surface area is 325 Å². The lowest BCUT2D eigenvalue weighted by Gasteiger charge is -2.40. The molecule has 1 N–H and O–H groups in total. The van der Waals surface area contributed by atoms with E-state index in [1.54, 1.807) is 42.5 Å². The number of ether oxygens (including phenoxy) is 2. The number of benzene rings is 3. The molecule has 2 aliphatic heterocycles. The van der Waals surface area contributed by atoms with Gasteiger partial charge in [0.05, 0.1) is 43.0 Å². The van der Waals surface area contributed by atoms with Crippen molar-refractivity contribution < 1.29 is 28.6 Å². The lowest BCUT2D eigenvalue weighted by molar-refractivity contribution is 0.0193. The van der Waals surface area contributed by atoms with Crippen LogP contribution in [0, 0.1) is 12.7 Å². The van der Waals surface area contributed by atoms with E-state index < -0.39 is 5.82 Å². The van der Waals surface area contributed by atoms with E-state index in [1.165, 1.54) is 29.8 Å². The highest BCUT2D eigenvalue weighted by Gasteiger charge is 2.34. The van der Waals surface area contributed by atoms with Gasteiger partial charge in [0.2, 0.25) is 0 Å². The average molecular weight is 757 g/mol. The van der Waals surface area contributed by atoms with Crippen LogP contribution in [0.2, 0.25) is 0 Å². The second-order valence-electron chi connectivity index (χ2n) is 14.5. The maximum atomic E-state index is 15.4. The number of phenols is 1. The molecule has 0 bridgehead atoms. The molecule has 12 heteroatoms. The van der Waals surface area contributed by atoms with Crippen molar-refractivity contribution in [2.75, 3.05) is 51.5 Å². The molecule has 3 aromatic carbocycles. The molecule has 0 saturated carbocycles. The largest absolute Gasteiger partial charge is 0.508 e. The summed E-state index contributed by atoms with van der Waals surface area (Å²) in [7, 11) is 3.51. The summed E-state index contributed by atoms with van der Waals surface area (Å²) in [6, 6.07) is 24.4. The summed E-state index contributed by atoms with van der Waals surface area (Å²) in [5, 5.41) is 11.0. The Balaban J connectivity index is 1.22.